The Morgan fingerprint density at radius 3 is 2.04 bits per heavy atom. The van der Waals surface area contributed by atoms with Crippen LogP contribution >= 0.6 is 28.1 Å². The van der Waals surface area contributed by atoms with Crippen LogP contribution in [0.3, 0.4) is 0 Å². The van der Waals surface area contributed by atoms with E-state index in [2.05, 4.69) is 85.2 Å². The van der Waals surface area contributed by atoms with Crippen LogP contribution in [0.15, 0.2) is 76.2 Å². The van der Waals surface area contributed by atoms with Gasteiger partial charge in [-0.25, -0.2) is 0 Å². The molecule has 1 heterocycles. The molecule has 0 saturated carbocycles. The number of halogens is 1. The van der Waals surface area contributed by atoms with Gasteiger partial charge in [-0.15, -0.1) is 0 Å². The summed E-state index contributed by atoms with van der Waals surface area (Å²) >= 11 is 8.40. The zero-order valence-electron chi connectivity index (χ0n) is 12.0. The molecular formula is C19H11BrN2S. The summed E-state index contributed by atoms with van der Waals surface area (Å²) < 4.78 is 3.12. The van der Waals surface area contributed by atoms with E-state index in [0.717, 1.165) is 26.9 Å². The fourth-order valence-electron chi connectivity index (χ4n) is 3.02. The lowest BCUT2D eigenvalue weighted by Gasteiger charge is -2.11. The first-order valence-corrected chi connectivity index (χ1v) is 8.36. The van der Waals surface area contributed by atoms with Crippen molar-refractivity contribution in [3.8, 4) is 5.69 Å². The molecule has 1 aromatic heterocycles. The highest BCUT2D eigenvalue weighted by Gasteiger charge is 2.15. The molecule has 0 bridgehead atoms. The quantitative estimate of drug-likeness (QED) is 0.296. The number of hydrogen-bond acceptors (Lipinski definition) is 2. The van der Waals surface area contributed by atoms with E-state index in [1.165, 1.54) is 10.8 Å². The van der Waals surface area contributed by atoms with E-state index in [-0.39, 0.29) is 0 Å². The standard InChI is InChI=1S/C19H11BrN2S/c20-15-8-5-11-18(19(15)21-12-23)22-16-9-3-1-6-13(16)14-7-2-4-10-17(14)22/h1-11H. The molecule has 0 saturated heterocycles. The second-order valence-electron chi connectivity index (χ2n) is 5.18. The van der Waals surface area contributed by atoms with E-state index < -0.39 is 0 Å². The third kappa shape index (κ3) is 2.23. The third-order valence-corrected chi connectivity index (χ3v) is 4.68. The van der Waals surface area contributed by atoms with Crippen LogP contribution in [0.4, 0.5) is 5.69 Å². The summed E-state index contributed by atoms with van der Waals surface area (Å²) in [7, 11) is 0. The first-order chi connectivity index (χ1) is 11.3. The fraction of sp³-hybridized carbons (Fsp3) is 0. The minimum absolute atomic E-state index is 0.786. The smallest absolute Gasteiger partial charge is 0.112 e. The number of aliphatic imine (C=N–C) groups is 1. The zero-order chi connectivity index (χ0) is 15.8. The second kappa shape index (κ2) is 5.74. The first-order valence-electron chi connectivity index (χ1n) is 7.16. The monoisotopic (exact) mass is 378 g/mol. The topological polar surface area (TPSA) is 17.3 Å². The Morgan fingerprint density at radius 1 is 0.826 bits per heavy atom. The van der Waals surface area contributed by atoms with Crippen LogP contribution in [0.25, 0.3) is 27.5 Å². The zero-order valence-corrected chi connectivity index (χ0v) is 14.4. The van der Waals surface area contributed by atoms with E-state index in [9.17, 15) is 0 Å². The molecule has 0 fully saturated rings. The van der Waals surface area contributed by atoms with Crippen LogP contribution in [0, 0.1) is 0 Å². The Balaban J connectivity index is 2.22. The Hall–Kier alpha value is -2.26. The van der Waals surface area contributed by atoms with Crippen molar-refractivity contribution in [2.45, 2.75) is 0 Å². The number of para-hydroxylation sites is 3. The van der Waals surface area contributed by atoms with Gasteiger partial charge in [0.15, 0.2) is 0 Å². The molecule has 0 aliphatic heterocycles. The van der Waals surface area contributed by atoms with E-state index in [1.807, 2.05) is 12.1 Å². The van der Waals surface area contributed by atoms with Gasteiger partial charge < -0.3 is 4.57 Å². The van der Waals surface area contributed by atoms with Crippen molar-refractivity contribution in [3.05, 3.63) is 71.2 Å². The molecule has 2 nitrogen and oxygen atoms in total. The fourth-order valence-corrected chi connectivity index (χ4v) is 3.56. The van der Waals surface area contributed by atoms with Crippen LogP contribution in [-0.4, -0.2) is 9.73 Å². The average molecular weight is 379 g/mol. The van der Waals surface area contributed by atoms with Crippen molar-refractivity contribution < 1.29 is 0 Å². The molecule has 0 unspecified atom stereocenters. The number of benzene rings is 3. The van der Waals surface area contributed by atoms with Crippen molar-refractivity contribution >= 4 is 60.8 Å². The van der Waals surface area contributed by atoms with Gasteiger partial charge in [-0.2, -0.15) is 4.99 Å². The van der Waals surface area contributed by atoms with Crippen molar-refractivity contribution in [2.75, 3.05) is 0 Å². The number of isothiocyanates is 1. The number of rotatable bonds is 2. The predicted molar refractivity (Wildman–Crippen MR) is 103 cm³/mol. The summed E-state index contributed by atoms with van der Waals surface area (Å²) in [6, 6.07) is 22.8. The van der Waals surface area contributed by atoms with Gasteiger partial charge in [0, 0.05) is 15.2 Å². The molecule has 4 heteroatoms. The summed E-state index contributed by atoms with van der Waals surface area (Å²) in [4.78, 5) is 4.27. The summed E-state index contributed by atoms with van der Waals surface area (Å²) in [5.74, 6) is 0. The Morgan fingerprint density at radius 2 is 1.43 bits per heavy atom. The SMILES string of the molecule is S=C=Nc1c(Br)cccc1-n1c2ccccc2c2ccccc21. The highest BCUT2D eigenvalue weighted by atomic mass is 79.9. The third-order valence-electron chi connectivity index (χ3n) is 3.94. The van der Waals surface area contributed by atoms with Crippen molar-refractivity contribution in [1.29, 1.82) is 0 Å². The van der Waals surface area contributed by atoms with Crippen LogP contribution < -0.4 is 0 Å². The number of fused-ring (bicyclic) bond motifs is 3. The summed E-state index contributed by atoms with van der Waals surface area (Å²) in [5.41, 5.74) is 4.06. The molecule has 3 aromatic carbocycles. The van der Waals surface area contributed by atoms with Crippen LogP contribution in [0.2, 0.25) is 0 Å². The normalized spacial score (nSPS) is 10.8. The van der Waals surface area contributed by atoms with Gasteiger partial charge in [-0.3, -0.25) is 0 Å². The molecular weight excluding hydrogens is 368 g/mol. The van der Waals surface area contributed by atoms with Crippen LogP contribution in [0.5, 0.6) is 0 Å². The lowest BCUT2D eigenvalue weighted by atomic mass is 10.2. The highest BCUT2D eigenvalue weighted by Crippen LogP contribution is 2.38. The van der Waals surface area contributed by atoms with Crippen LogP contribution in [-0.2, 0) is 0 Å². The van der Waals surface area contributed by atoms with Gasteiger partial charge in [0.05, 0.1) is 21.9 Å². The van der Waals surface area contributed by atoms with E-state index in [1.54, 1.807) is 0 Å². The maximum absolute atomic E-state index is 4.83. The summed E-state index contributed by atoms with van der Waals surface area (Å²) in [6.45, 7) is 0. The number of thiocarbonyl (C=S) groups is 1. The minimum atomic E-state index is 0.786. The maximum Gasteiger partial charge on any atom is 0.112 e. The molecule has 0 radical (unpaired) electrons. The molecule has 0 aliphatic rings. The van der Waals surface area contributed by atoms with Gasteiger partial charge in [-0.1, -0.05) is 42.5 Å². The Bertz CT molecular complexity index is 1040. The van der Waals surface area contributed by atoms with Crippen LogP contribution in [0.1, 0.15) is 0 Å². The van der Waals surface area contributed by atoms with Gasteiger partial charge in [0.2, 0.25) is 0 Å². The lowest BCUT2D eigenvalue weighted by molar-refractivity contribution is 1.17. The molecule has 0 atom stereocenters. The molecule has 4 rings (SSSR count). The number of aromatic nitrogens is 1. The number of nitrogens with zero attached hydrogens (tertiary/aromatic N) is 2. The largest absolute Gasteiger partial charge is 0.307 e. The van der Waals surface area contributed by atoms with Crippen molar-refractivity contribution in [1.82, 2.24) is 4.57 Å². The minimum Gasteiger partial charge on any atom is -0.307 e. The summed E-state index contributed by atoms with van der Waals surface area (Å²) in [5, 5.41) is 4.93. The van der Waals surface area contributed by atoms with E-state index >= 15 is 0 Å². The molecule has 0 N–H and O–H groups in total. The Labute approximate surface area is 147 Å². The van der Waals surface area contributed by atoms with Gasteiger partial charge in [0.25, 0.3) is 0 Å². The van der Waals surface area contributed by atoms with Gasteiger partial charge in [0.1, 0.15) is 5.69 Å². The van der Waals surface area contributed by atoms with Crippen molar-refractivity contribution in [3.63, 3.8) is 0 Å². The molecule has 4 aromatic rings. The lowest BCUT2D eigenvalue weighted by Crippen LogP contribution is -1.94. The first kappa shape index (κ1) is 14.3. The molecule has 0 spiro atoms. The molecule has 110 valence electrons. The second-order valence-corrected chi connectivity index (χ2v) is 6.22. The Kier molecular flexibility index (Phi) is 3.58. The molecule has 0 aliphatic carbocycles. The maximum atomic E-state index is 4.83. The van der Waals surface area contributed by atoms with E-state index in [0.29, 0.717) is 0 Å². The predicted octanol–water partition coefficient (Wildman–Crippen LogP) is 6.28. The molecule has 0 amide bonds. The summed E-state index contributed by atoms with van der Waals surface area (Å²) in [6.07, 6.45) is 0. The van der Waals surface area contributed by atoms with E-state index in [4.69, 9.17) is 12.2 Å². The van der Waals surface area contributed by atoms with Crippen molar-refractivity contribution in [2.24, 2.45) is 4.99 Å². The number of hydrogen-bond donors (Lipinski definition) is 0. The highest BCUT2D eigenvalue weighted by molar-refractivity contribution is 9.10. The average Bonchev–Trinajstić information content (AvgIpc) is 2.92. The van der Waals surface area contributed by atoms with Gasteiger partial charge >= 0.3 is 0 Å². The molecule has 23 heavy (non-hydrogen) atoms. The van der Waals surface area contributed by atoms with Gasteiger partial charge in [-0.05, 0) is 52.4 Å².